The van der Waals surface area contributed by atoms with E-state index in [1.54, 1.807) is 42.8 Å². The number of non-ortho nitro benzene ring substituents is 1. The smallest absolute Gasteiger partial charge is 0.271 e. The van der Waals surface area contributed by atoms with Gasteiger partial charge in [-0.3, -0.25) is 14.9 Å². The second kappa shape index (κ2) is 6.97. The first-order chi connectivity index (χ1) is 12.4. The Labute approximate surface area is 154 Å². The highest BCUT2D eigenvalue weighted by molar-refractivity contribution is 6.30. The fourth-order valence-electron chi connectivity index (χ4n) is 2.55. The highest BCUT2D eigenvalue weighted by Crippen LogP contribution is 2.23. The van der Waals surface area contributed by atoms with E-state index in [1.165, 1.54) is 18.3 Å². The summed E-state index contributed by atoms with van der Waals surface area (Å²) in [6.45, 7) is 3.53. The van der Waals surface area contributed by atoms with Gasteiger partial charge in [-0.25, -0.2) is 4.68 Å². The van der Waals surface area contributed by atoms with Crippen molar-refractivity contribution >= 4 is 28.9 Å². The number of benzene rings is 2. The van der Waals surface area contributed by atoms with E-state index in [2.05, 4.69) is 10.4 Å². The Balaban J connectivity index is 1.90. The highest BCUT2D eigenvalue weighted by Gasteiger charge is 2.17. The molecular weight excluding hydrogens is 356 g/mol. The normalized spacial score (nSPS) is 10.6. The van der Waals surface area contributed by atoms with Crippen LogP contribution in [0.1, 0.15) is 21.6 Å². The van der Waals surface area contributed by atoms with Crippen molar-refractivity contribution < 1.29 is 9.72 Å². The van der Waals surface area contributed by atoms with Gasteiger partial charge in [0.2, 0.25) is 0 Å². The zero-order valence-corrected chi connectivity index (χ0v) is 14.8. The minimum Gasteiger partial charge on any atom is -0.321 e. The number of carbonyl (C=O) groups is 1. The van der Waals surface area contributed by atoms with Crippen LogP contribution in [0.2, 0.25) is 5.02 Å². The molecule has 1 N–H and O–H groups in total. The number of nitrogens with one attached hydrogen (secondary N) is 1. The molecule has 2 aromatic carbocycles. The Morgan fingerprint density at radius 3 is 2.69 bits per heavy atom. The summed E-state index contributed by atoms with van der Waals surface area (Å²) in [5.41, 5.74) is 2.77. The van der Waals surface area contributed by atoms with E-state index >= 15 is 0 Å². The predicted octanol–water partition coefficient (Wildman–Crippen LogP) is 4.30. The van der Waals surface area contributed by atoms with Gasteiger partial charge in [-0.2, -0.15) is 5.10 Å². The van der Waals surface area contributed by atoms with Crippen molar-refractivity contribution in [3.63, 3.8) is 0 Å². The first-order valence-electron chi connectivity index (χ1n) is 7.74. The molecule has 3 rings (SSSR count). The van der Waals surface area contributed by atoms with Gasteiger partial charge in [-0.15, -0.1) is 0 Å². The van der Waals surface area contributed by atoms with Gasteiger partial charge < -0.3 is 5.32 Å². The summed E-state index contributed by atoms with van der Waals surface area (Å²) in [6.07, 6.45) is 1.46. The van der Waals surface area contributed by atoms with Crippen LogP contribution in [-0.4, -0.2) is 20.6 Å². The third-order valence-electron chi connectivity index (χ3n) is 3.99. The Bertz CT molecular complexity index is 1010. The van der Waals surface area contributed by atoms with Gasteiger partial charge in [0.25, 0.3) is 11.6 Å². The first kappa shape index (κ1) is 17.6. The lowest BCUT2D eigenvalue weighted by Crippen LogP contribution is -2.14. The lowest BCUT2D eigenvalue weighted by Gasteiger charge is -2.09. The molecule has 1 heterocycles. The van der Waals surface area contributed by atoms with Crippen LogP contribution in [0.25, 0.3) is 5.69 Å². The molecular formula is C18H15ClN4O3. The lowest BCUT2D eigenvalue weighted by atomic mass is 10.1. The number of carbonyl (C=O) groups excluding carboxylic acids is 1. The van der Waals surface area contributed by atoms with E-state index in [9.17, 15) is 14.9 Å². The maximum atomic E-state index is 12.6. The van der Waals surface area contributed by atoms with Gasteiger partial charge >= 0.3 is 0 Å². The molecule has 8 heteroatoms. The largest absolute Gasteiger partial charge is 0.321 e. The summed E-state index contributed by atoms with van der Waals surface area (Å²) in [6, 6.07) is 11.5. The Kier molecular flexibility index (Phi) is 4.73. The number of halogens is 1. The molecule has 26 heavy (non-hydrogen) atoms. The van der Waals surface area contributed by atoms with Crippen LogP contribution in [0.3, 0.4) is 0 Å². The van der Waals surface area contributed by atoms with Crippen LogP contribution in [0, 0.1) is 24.0 Å². The highest BCUT2D eigenvalue weighted by atomic mass is 35.5. The molecule has 0 unspecified atom stereocenters. The zero-order chi connectivity index (χ0) is 18.8. The summed E-state index contributed by atoms with van der Waals surface area (Å²) in [5.74, 6) is -0.389. The fraction of sp³-hybridized carbons (Fsp3) is 0.111. The Morgan fingerprint density at radius 1 is 1.23 bits per heavy atom. The summed E-state index contributed by atoms with van der Waals surface area (Å²) < 4.78 is 1.61. The maximum absolute atomic E-state index is 12.6. The van der Waals surface area contributed by atoms with Gasteiger partial charge in [0.15, 0.2) is 0 Å². The number of anilines is 1. The number of rotatable bonds is 4. The summed E-state index contributed by atoms with van der Waals surface area (Å²) in [7, 11) is 0. The second-order valence-corrected chi connectivity index (χ2v) is 6.18. The number of hydrogen-bond acceptors (Lipinski definition) is 4. The monoisotopic (exact) mass is 370 g/mol. The van der Waals surface area contributed by atoms with E-state index in [1.807, 2.05) is 6.07 Å². The van der Waals surface area contributed by atoms with Crippen LogP contribution >= 0.6 is 11.6 Å². The maximum Gasteiger partial charge on any atom is 0.271 e. The predicted molar refractivity (Wildman–Crippen MR) is 99.1 cm³/mol. The molecule has 0 spiro atoms. The van der Waals surface area contributed by atoms with E-state index in [4.69, 9.17) is 11.6 Å². The number of aryl methyl sites for hydroxylation is 1. The van der Waals surface area contributed by atoms with E-state index in [0.29, 0.717) is 22.0 Å². The summed E-state index contributed by atoms with van der Waals surface area (Å²) >= 11 is 6.01. The van der Waals surface area contributed by atoms with Crippen LogP contribution in [0.15, 0.2) is 48.7 Å². The van der Waals surface area contributed by atoms with Gasteiger partial charge in [-0.05, 0) is 37.6 Å². The number of nitro groups is 1. The minimum absolute atomic E-state index is 0.0859. The van der Waals surface area contributed by atoms with Crippen molar-refractivity contribution in [2.24, 2.45) is 0 Å². The molecule has 0 aliphatic carbocycles. The molecule has 1 aromatic heterocycles. The standard InChI is InChI=1S/C18H15ClN4O3/c1-11-6-7-15(23(25)26)9-17(11)21-18(24)16-10-20-22(12(16)2)14-5-3-4-13(19)8-14/h3-10H,1-2H3,(H,21,24). The van der Waals surface area contributed by atoms with E-state index in [-0.39, 0.29) is 11.6 Å². The first-order valence-corrected chi connectivity index (χ1v) is 8.11. The van der Waals surface area contributed by atoms with Crippen LogP contribution in [-0.2, 0) is 0 Å². The molecule has 0 fully saturated rings. The number of amides is 1. The van der Waals surface area contributed by atoms with Crippen molar-refractivity contribution in [1.29, 1.82) is 0 Å². The average Bonchev–Trinajstić information content (AvgIpc) is 2.98. The average molecular weight is 371 g/mol. The molecule has 132 valence electrons. The minimum atomic E-state index is -0.502. The number of nitro benzene ring substituents is 1. The molecule has 0 saturated carbocycles. The number of aromatic nitrogens is 2. The zero-order valence-electron chi connectivity index (χ0n) is 14.1. The topological polar surface area (TPSA) is 90.1 Å². The van der Waals surface area contributed by atoms with E-state index in [0.717, 1.165) is 11.3 Å². The van der Waals surface area contributed by atoms with Crippen LogP contribution < -0.4 is 5.32 Å². The molecule has 3 aromatic rings. The number of nitrogens with zero attached hydrogens (tertiary/aromatic N) is 3. The molecule has 0 aliphatic rings. The summed E-state index contributed by atoms with van der Waals surface area (Å²) in [4.78, 5) is 23.0. The molecule has 0 aliphatic heterocycles. The third kappa shape index (κ3) is 3.43. The van der Waals surface area contributed by atoms with Crippen molar-refractivity contribution in [3.8, 4) is 5.69 Å². The Morgan fingerprint density at radius 2 is 2.00 bits per heavy atom. The molecule has 0 bridgehead atoms. The summed E-state index contributed by atoms with van der Waals surface area (Å²) in [5, 5.41) is 18.5. The molecule has 1 amide bonds. The van der Waals surface area contributed by atoms with Crippen LogP contribution in [0.4, 0.5) is 11.4 Å². The Hall–Kier alpha value is -3.19. The van der Waals surface area contributed by atoms with Gasteiger partial charge in [0, 0.05) is 17.2 Å². The van der Waals surface area contributed by atoms with Crippen molar-refractivity contribution in [2.75, 3.05) is 5.32 Å². The lowest BCUT2D eigenvalue weighted by molar-refractivity contribution is -0.384. The van der Waals surface area contributed by atoms with E-state index < -0.39 is 4.92 Å². The SMILES string of the molecule is Cc1ccc([N+](=O)[O-])cc1NC(=O)c1cnn(-c2cccc(Cl)c2)c1C. The molecule has 7 nitrogen and oxygen atoms in total. The second-order valence-electron chi connectivity index (χ2n) is 5.75. The molecule has 0 atom stereocenters. The van der Waals surface area contributed by atoms with Crippen molar-refractivity contribution in [3.05, 3.63) is 80.6 Å². The molecule has 0 saturated heterocycles. The third-order valence-corrected chi connectivity index (χ3v) is 4.22. The number of hydrogen-bond donors (Lipinski definition) is 1. The quantitative estimate of drug-likeness (QED) is 0.547. The fourth-order valence-corrected chi connectivity index (χ4v) is 2.73. The van der Waals surface area contributed by atoms with Gasteiger partial charge in [0.05, 0.1) is 33.8 Å². The molecule has 0 radical (unpaired) electrons. The van der Waals surface area contributed by atoms with Gasteiger partial charge in [-0.1, -0.05) is 23.7 Å². The van der Waals surface area contributed by atoms with Crippen molar-refractivity contribution in [1.82, 2.24) is 9.78 Å². The van der Waals surface area contributed by atoms with Crippen molar-refractivity contribution in [2.45, 2.75) is 13.8 Å². The van der Waals surface area contributed by atoms with Gasteiger partial charge in [0.1, 0.15) is 0 Å². The van der Waals surface area contributed by atoms with Crippen LogP contribution in [0.5, 0.6) is 0 Å².